The van der Waals surface area contributed by atoms with Gasteiger partial charge >= 0.3 is 0 Å². The second kappa shape index (κ2) is 9.81. The summed E-state index contributed by atoms with van der Waals surface area (Å²) >= 11 is 0. The zero-order valence-electron chi connectivity index (χ0n) is 18.2. The van der Waals surface area contributed by atoms with Crippen molar-refractivity contribution in [1.82, 2.24) is 5.32 Å². The number of hydrogen-bond acceptors (Lipinski definition) is 5. The first-order valence-electron chi connectivity index (χ1n) is 10.4. The Hall–Kier alpha value is -2.09. The zero-order valence-corrected chi connectivity index (χ0v) is 19.0. The van der Waals surface area contributed by atoms with Crippen molar-refractivity contribution in [3.05, 3.63) is 53.6 Å². The van der Waals surface area contributed by atoms with Gasteiger partial charge in [0.05, 0.1) is 17.2 Å². The van der Waals surface area contributed by atoms with Gasteiger partial charge in [-0.05, 0) is 55.7 Å². The van der Waals surface area contributed by atoms with Crippen LogP contribution < -0.4 is 14.4 Å². The number of morpholine rings is 1. The predicted octanol–water partition coefficient (Wildman–Crippen LogP) is 3.52. The van der Waals surface area contributed by atoms with Crippen LogP contribution in [0.3, 0.4) is 0 Å². The minimum Gasteiger partial charge on any atom is -0.491 e. The minimum absolute atomic E-state index is 0.00760. The number of aryl methyl sites for hydroxylation is 2. The van der Waals surface area contributed by atoms with E-state index in [1.165, 1.54) is 4.31 Å². The zero-order chi connectivity index (χ0) is 21.7. The van der Waals surface area contributed by atoms with Crippen molar-refractivity contribution in [2.75, 3.05) is 37.2 Å². The van der Waals surface area contributed by atoms with Gasteiger partial charge in [-0.2, -0.15) is 0 Å². The second-order valence-corrected chi connectivity index (χ2v) is 10.1. The maximum Gasteiger partial charge on any atom is 0.264 e. The highest BCUT2D eigenvalue weighted by Crippen LogP contribution is 2.29. The summed E-state index contributed by atoms with van der Waals surface area (Å²) in [7, 11) is -3.69. The lowest BCUT2D eigenvalue weighted by molar-refractivity contribution is 0.000185. The summed E-state index contributed by atoms with van der Waals surface area (Å²) in [5.41, 5.74) is 2.77. The molecule has 0 saturated carbocycles. The molecule has 6 nitrogen and oxygen atoms in total. The van der Waals surface area contributed by atoms with Crippen LogP contribution in [0.5, 0.6) is 5.75 Å². The van der Waals surface area contributed by atoms with Crippen molar-refractivity contribution in [1.29, 1.82) is 0 Å². The van der Waals surface area contributed by atoms with Crippen LogP contribution in [0.2, 0.25) is 0 Å². The van der Waals surface area contributed by atoms with Crippen LogP contribution >= 0.6 is 0 Å². The molecule has 1 saturated heterocycles. The fourth-order valence-electron chi connectivity index (χ4n) is 3.49. The number of nitrogens with zero attached hydrogens (tertiary/aromatic N) is 1. The van der Waals surface area contributed by atoms with Crippen LogP contribution in [0, 0.1) is 19.8 Å². The molecule has 1 heterocycles. The Bertz CT molecular complexity index is 936. The van der Waals surface area contributed by atoms with Crippen molar-refractivity contribution in [2.45, 2.75) is 38.7 Å². The Balaban J connectivity index is 1.80. The molecule has 0 radical (unpaired) electrons. The third-order valence-electron chi connectivity index (χ3n) is 5.00. The first kappa shape index (κ1) is 22.6. The lowest BCUT2D eigenvalue weighted by Crippen LogP contribution is -2.41. The summed E-state index contributed by atoms with van der Waals surface area (Å²) in [6.45, 7) is 11.1. The average molecular weight is 433 g/mol. The summed E-state index contributed by atoms with van der Waals surface area (Å²) in [5.74, 6) is 0.817. The van der Waals surface area contributed by atoms with Gasteiger partial charge in [-0.3, -0.25) is 4.31 Å². The van der Waals surface area contributed by atoms with Crippen LogP contribution in [-0.2, 0) is 14.8 Å². The molecule has 1 fully saturated rings. The lowest BCUT2D eigenvalue weighted by Gasteiger charge is -2.28. The quantitative estimate of drug-likeness (QED) is 0.691. The summed E-state index contributed by atoms with van der Waals surface area (Å²) in [6, 6.07) is 12.5. The van der Waals surface area contributed by atoms with E-state index in [1.807, 2.05) is 45.9 Å². The van der Waals surface area contributed by atoms with E-state index in [0.29, 0.717) is 25.5 Å². The monoisotopic (exact) mass is 432 g/mol. The van der Waals surface area contributed by atoms with Gasteiger partial charge < -0.3 is 14.8 Å². The summed E-state index contributed by atoms with van der Waals surface area (Å²) < 4.78 is 39.9. The Morgan fingerprint density at radius 2 is 1.90 bits per heavy atom. The number of anilines is 1. The number of ether oxygens (including phenoxy) is 2. The molecule has 2 aromatic rings. The van der Waals surface area contributed by atoms with E-state index in [0.717, 1.165) is 29.9 Å². The Kier molecular flexibility index (Phi) is 7.39. The Morgan fingerprint density at radius 3 is 2.50 bits per heavy atom. The molecule has 0 aromatic heterocycles. The first-order valence-corrected chi connectivity index (χ1v) is 11.9. The average Bonchev–Trinajstić information content (AvgIpc) is 2.72. The summed E-state index contributed by atoms with van der Waals surface area (Å²) in [6.07, 6.45) is 0.00760. The van der Waals surface area contributed by atoms with Crippen molar-refractivity contribution >= 4 is 15.7 Å². The Labute approximate surface area is 180 Å². The van der Waals surface area contributed by atoms with Gasteiger partial charge in [-0.15, -0.1) is 0 Å². The van der Waals surface area contributed by atoms with E-state index in [2.05, 4.69) is 5.32 Å². The number of nitrogens with one attached hydrogen (secondary N) is 1. The molecular formula is C23H32N2O4S. The van der Waals surface area contributed by atoms with Crippen molar-refractivity contribution in [2.24, 2.45) is 5.92 Å². The smallest absolute Gasteiger partial charge is 0.264 e. The van der Waals surface area contributed by atoms with E-state index in [9.17, 15) is 8.42 Å². The number of sulfonamides is 1. The molecule has 2 aromatic carbocycles. The van der Waals surface area contributed by atoms with Crippen LogP contribution in [-0.4, -0.2) is 47.4 Å². The van der Waals surface area contributed by atoms with Gasteiger partial charge in [-0.25, -0.2) is 8.42 Å². The molecule has 164 valence electrons. The van der Waals surface area contributed by atoms with Gasteiger partial charge in [0.2, 0.25) is 0 Å². The molecule has 1 aliphatic heterocycles. The predicted molar refractivity (Wildman–Crippen MR) is 120 cm³/mol. The van der Waals surface area contributed by atoms with Gasteiger partial charge in [0.1, 0.15) is 18.5 Å². The van der Waals surface area contributed by atoms with Crippen molar-refractivity contribution in [3.8, 4) is 5.75 Å². The molecule has 0 bridgehead atoms. The van der Waals surface area contributed by atoms with Gasteiger partial charge in [0, 0.05) is 19.6 Å². The molecule has 0 spiro atoms. The van der Waals surface area contributed by atoms with Crippen molar-refractivity contribution < 1.29 is 17.9 Å². The van der Waals surface area contributed by atoms with Crippen LogP contribution in [0.4, 0.5) is 5.69 Å². The molecular weight excluding hydrogens is 400 g/mol. The van der Waals surface area contributed by atoms with E-state index in [4.69, 9.17) is 9.47 Å². The lowest BCUT2D eigenvalue weighted by atomic mass is 10.1. The largest absolute Gasteiger partial charge is 0.491 e. The highest BCUT2D eigenvalue weighted by molar-refractivity contribution is 7.92. The highest BCUT2D eigenvalue weighted by Gasteiger charge is 2.27. The van der Waals surface area contributed by atoms with Gasteiger partial charge in [0.25, 0.3) is 10.0 Å². The molecule has 30 heavy (non-hydrogen) atoms. The van der Waals surface area contributed by atoms with E-state index in [1.54, 1.807) is 24.3 Å². The molecule has 1 atom stereocenters. The topological polar surface area (TPSA) is 67.9 Å². The fourth-order valence-corrected chi connectivity index (χ4v) is 5.19. The minimum atomic E-state index is -3.69. The Morgan fingerprint density at radius 1 is 1.17 bits per heavy atom. The molecule has 3 rings (SSSR count). The van der Waals surface area contributed by atoms with Gasteiger partial charge in [0.15, 0.2) is 0 Å². The summed E-state index contributed by atoms with van der Waals surface area (Å²) in [4.78, 5) is 0.256. The summed E-state index contributed by atoms with van der Waals surface area (Å²) in [5, 5.41) is 3.26. The normalized spacial score (nSPS) is 17.2. The maximum atomic E-state index is 13.5. The van der Waals surface area contributed by atoms with Crippen LogP contribution in [0.25, 0.3) is 0 Å². The molecule has 1 N–H and O–H groups in total. The molecule has 1 unspecified atom stereocenters. The SMILES string of the molecule is Cc1ccc(N(CC(C)C)S(=O)(=O)c2ccc(OCC3CNCCO3)cc2)c(C)c1. The number of benzene rings is 2. The fraction of sp³-hybridized carbons (Fsp3) is 0.478. The standard InChI is InChI=1S/C23H32N2O4S/c1-17(2)15-25(23-10-5-18(3)13-19(23)4)30(26,27)22-8-6-20(7-9-22)29-16-21-14-24-11-12-28-21/h5-10,13,17,21,24H,11-12,14-16H2,1-4H3. The highest BCUT2D eigenvalue weighted by atomic mass is 32.2. The molecule has 1 aliphatic rings. The van der Waals surface area contributed by atoms with E-state index >= 15 is 0 Å². The third-order valence-corrected chi connectivity index (χ3v) is 6.80. The first-order chi connectivity index (χ1) is 14.3. The molecule has 7 heteroatoms. The number of rotatable bonds is 8. The molecule has 0 amide bonds. The number of hydrogen-bond donors (Lipinski definition) is 1. The third kappa shape index (κ3) is 5.53. The second-order valence-electron chi connectivity index (χ2n) is 8.20. The molecule has 0 aliphatic carbocycles. The van der Waals surface area contributed by atoms with E-state index < -0.39 is 10.0 Å². The van der Waals surface area contributed by atoms with Crippen LogP contribution in [0.1, 0.15) is 25.0 Å². The maximum absolute atomic E-state index is 13.5. The van der Waals surface area contributed by atoms with Crippen LogP contribution in [0.15, 0.2) is 47.4 Å². The van der Waals surface area contributed by atoms with Gasteiger partial charge in [-0.1, -0.05) is 31.5 Å². The van der Waals surface area contributed by atoms with Crippen molar-refractivity contribution in [3.63, 3.8) is 0 Å². The van der Waals surface area contributed by atoms with E-state index in [-0.39, 0.29) is 16.9 Å².